The van der Waals surface area contributed by atoms with E-state index in [1.165, 1.54) is 0 Å². The van der Waals surface area contributed by atoms with Gasteiger partial charge in [0.1, 0.15) is 23.2 Å². The largest absolute Gasteiger partial charge is 0.488 e. The van der Waals surface area contributed by atoms with Gasteiger partial charge in [0.25, 0.3) is 5.91 Å². The number of ether oxygens (including phenoxy) is 1. The van der Waals surface area contributed by atoms with Crippen molar-refractivity contribution in [2.24, 2.45) is 0 Å². The van der Waals surface area contributed by atoms with Crippen LogP contribution in [-0.2, 0) is 16.2 Å². The van der Waals surface area contributed by atoms with Crippen LogP contribution in [0.25, 0.3) is 16.8 Å². The van der Waals surface area contributed by atoms with E-state index in [0.29, 0.717) is 17.3 Å². The van der Waals surface area contributed by atoms with Gasteiger partial charge in [0.2, 0.25) is 0 Å². The average Bonchev–Trinajstić information content (AvgIpc) is 3.00. The molecule has 1 N–H and O–H groups in total. The number of carbonyl (C=O) groups is 2. The Balaban J connectivity index is 1.57. The Kier molecular flexibility index (Phi) is 5.83. The first-order valence-electron chi connectivity index (χ1n) is 9.18. The summed E-state index contributed by atoms with van der Waals surface area (Å²) in [5.41, 5.74) is 1.80. The predicted octanol–water partition coefficient (Wildman–Crippen LogP) is 4.70. The molecule has 0 radical (unpaired) electrons. The summed E-state index contributed by atoms with van der Waals surface area (Å²) in [4.78, 5) is 25.0. The quantitative estimate of drug-likeness (QED) is 0.447. The molecule has 4 rings (SSSR count). The first-order valence-corrected chi connectivity index (χ1v) is 10.4. The van der Waals surface area contributed by atoms with Gasteiger partial charge in [-0.1, -0.05) is 84.6 Å². The van der Waals surface area contributed by atoms with E-state index < -0.39 is 18.4 Å². The highest BCUT2D eigenvalue weighted by Crippen LogP contribution is 2.34. The number of para-hydroxylation sites is 1. The summed E-state index contributed by atoms with van der Waals surface area (Å²) >= 11 is 6.25. The van der Waals surface area contributed by atoms with Crippen molar-refractivity contribution in [3.05, 3.63) is 82.8 Å². The third-order valence-corrected chi connectivity index (χ3v) is 6.01. The molecule has 1 fully saturated rings. The predicted molar refractivity (Wildman–Crippen MR) is 122 cm³/mol. The van der Waals surface area contributed by atoms with E-state index in [-0.39, 0.29) is 4.32 Å². The molecule has 0 saturated carbocycles. The maximum atomic E-state index is 12.5. The van der Waals surface area contributed by atoms with Crippen LogP contribution in [0.1, 0.15) is 11.1 Å². The van der Waals surface area contributed by atoms with Crippen LogP contribution in [0.4, 0.5) is 0 Å². The molecule has 7 heteroatoms. The van der Waals surface area contributed by atoms with Crippen molar-refractivity contribution in [3.63, 3.8) is 0 Å². The first kappa shape index (κ1) is 20.1. The molecular weight excluding hydrogens is 418 g/mol. The number of rotatable bonds is 6. The molecule has 0 unspecified atom stereocenters. The summed E-state index contributed by atoms with van der Waals surface area (Å²) in [7, 11) is 0. The fraction of sp³-hybridized carbons (Fsp3) is 0.0870. The minimum atomic E-state index is -1.11. The zero-order valence-corrected chi connectivity index (χ0v) is 17.4. The molecule has 1 heterocycles. The zero-order valence-electron chi connectivity index (χ0n) is 15.8. The second-order valence-corrected chi connectivity index (χ2v) is 8.30. The normalized spacial score (nSPS) is 15.2. The van der Waals surface area contributed by atoms with Gasteiger partial charge in [-0.3, -0.25) is 14.5 Å². The molecule has 30 heavy (non-hydrogen) atoms. The summed E-state index contributed by atoms with van der Waals surface area (Å²) in [6.45, 7) is -0.0621. The van der Waals surface area contributed by atoms with Crippen molar-refractivity contribution in [2.45, 2.75) is 6.61 Å². The van der Waals surface area contributed by atoms with Crippen molar-refractivity contribution >= 4 is 57.0 Å². The van der Waals surface area contributed by atoms with Crippen molar-refractivity contribution in [1.29, 1.82) is 0 Å². The Bertz CT molecular complexity index is 1180. The Hall–Kier alpha value is -3.16. The van der Waals surface area contributed by atoms with E-state index >= 15 is 0 Å². The van der Waals surface area contributed by atoms with Gasteiger partial charge in [-0.2, -0.15) is 0 Å². The van der Waals surface area contributed by atoms with Gasteiger partial charge >= 0.3 is 5.97 Å². The number of thioether (sulfide) groups is 1. The maximum Gasteiger partial charge on any atom is 0.323 e. The number of hydrogen-bond acceptors (Lipinski definition) is 5. The molecule has 0 bridgehead atoms. The van der Waals surface area contributed by atoms with Crippen LogP contribution in [0.2, 0.25) is 0 Å². The standard InChI is InChI=1S/C23H17NO4S2/c25-21(26)13-24-22(27)20(30-23(24)29)12-16-7-2-4-11-19(16)28-14-17-9-5-8-15-6-1-3-10-18(15)17/h1-12H,13-14H2,(H,25,26)/b20-12-. The van der Waals surface area contributed by atoms with E-state index in [1.54, 1.807) is 6.08 Å². The molecular formula is C23H17NO4S2. The Morgan fingerprint density at radius 3 is 2.63 bits per heavy atom. The topological polar surface area (TPSA) is 66.8 Å². The first-order chi connectivity index (χ1) is 14.5. The highest BCUT2D eigenvalue weighted by atomic mass is 32.2. The second kappa shape index (κ2) is 8.69. The number of carboxylic acid groups (broad SMARTS) is 1. The van der Waals surface area contributed by atoms with Crippen LogP contribution < -0.4 is 4.74 Å². The minimum Gasteiger partial charge on any atom is -0.488 e. The number of thiocarbonyl (C=S) groups is 1. The van der Waals surface area contributed by atoms with E-state index in [2.05, 4.69) is 18.2 Å². The highest BCUT2D eigenvalue weighted by Gasteiger charge is 2.33. The van der Waals surface area contributed by atoms with Gasteiger partial charge in [0, 0.05) is 5.56 Å². The van der Waals surface area contributed by atoms with E-state index in [4.69, 9.17) is 22.1 Å². The molecule has 1 aliphatic heterocycles. The van der Waals surface area contributed by atoms with E-state index in [1.807, 2.05) is 48.5 Å². The van der Waals surface area contributed by atoms with Crippen LogP contribution in [0.5, 0.6) is 5.75 Å². The fourth-order valence-electron chi connectivity index (χ4n) is 3.22. The van der Waals surface area contributed by atoms with Gasteiger partial charge < -0.3 is 9.84 Å². The molecule has 3 aromatic rings. The number of benzene rings is 3. The molecule has 1 saturated heterocycles. The summed E-state index contributed by atoms with van der Waals surface area (Å²) in [6.07, 6.45) is 1.69. The fourth-order valence-corrected chi connectivity index (χ4v) is 4.46. The van der Waals surface area contributed by atoms with Gasteiger partial charge in [-0.05, 0) is 28.5 Å². The molecule has 0 spiro atoms. The van der Waals surface area contributed by atoms with Crippen LogP contribution in [-0.4, -0.2) is 32.7 Å². The monoisotopic (exact) mass is 435 g/mol. The van der Waals surface area contributed by atoms with Gasteiger partial charge in [-0.15, -0.1) is 0 Å². The molecule has 150 valence electrons. The number of carbonyl (C=O) groups excluding carboxylic acids is 1. The number of carboxylic acids is 1. The van der Waals surface area contributed by atoms with Crippen LogP contribution in [0.15, 0.2) is 71.6 Å². The zero-order chi connectivity index (χ0) is 21.1. The lowest BCUT2D eigenvalue weighted by Crippen LogP contribution is -2.33. The Morgan fingerprint density at radius 2 is 1.80 bits per heavy atom. The molecule has 3 aromatic carbocycles. The molecule has 0 aromatic heterocycles. The van der Waals surface area contributed by atoms with Crippen LogP contribution in [0, 0.1) is 0 Å². The van der Waals surface area contributed by atoms with Gasteiger partial charge in [0.15, 0.2) is 0 Å². The van der Waals surface area contributed by atoms with Crippen molar-refractivity contribution in [3.8, 4) is 5.75 Å². The number of hydrogen-bond donors (Lipinski definition) is 1. The van der Waals surface area contributed by atoms with E-state index in [0.717, 1.165) is 38.6 Å². The smallest absolute Gasteiger partial charge is 0.323 e. The van der Waals surface area contributed by atoms with Crippen LogP contribution >= 0.6 is 24.0 Å². The van der Waals surface area contributed by atoms with Crippen LogP contribution in [0.3, 0.4) is 0 Å². The molecule has 0 aliphatic carbocycles. The number of fused-ring (bicyclic) bond motifs is 1. The molecule has 1 amide bonds. The molecule has 5 nitrogen and oxygen atoms in total. The lowest BCUT2D eigenvalue weighted by Gasteiger charge is -2.12. The van der Waals surface area contributed by atoms with E-state index in [9.17, 15) is 9.59 Å². The van der Waals surface area contributed by atoms with Crippen molar-refractivity contribution < 1.29 is 19.4 Å². The molecule has 0 atom stereocenters. The van der Waals surface area contributed by atoms with Crippen molar-refractivity contribution in [2.75, 3.05) is 6.54 Å². The third kappa shape index (κ3) is 4.22. The lowest BCUT2D eigenvalue weighted by molar-refractivity contribution is -0.140. The SMILES string of the molecule is O=C(O)CN1C(=O)/C(=C/c2ccccc2OCc2cccc3ccccc23)SC1=S. The summed E-state index contributed by atoms with van der Waals surface area (Å²) < 4.78 is 6.33. The van der Waals surface area contributed by atoms with Gasteiger partial charge in [-0.25, -0.2) is 0 Å². The summed E-state index contributed by atoms with van der Waals surface area (Å²) in [6, 6.07) is 21.6. The third-order valence-electron chi connectivity index (χ3n) is 4.64. The second-order valence-electron chi connectivity index (χ2n) is 6.63. The molecule has 1 aliphatic rings. The minimum absolute atomic E-state index is 0.239. The Morgan fingerprint density at radius 1 is 1.07 bits per heavy atom. The maximum absolute atomic E-state index is 12.5. The Labute approximate surface area is 183 Å². The average molecular weight is 436 g/mol. The number of amides is 1. The van der Waals surface area contributed by atoms with Crippen molar-refractivity contribution in [1.82, 2.24) is 4.90 Å². The van der Waals surface area contributed by atoms with Gasteiger partial charge in [0.05, 0.1) is 4.91 Å². The number of aliphatic carboxylic acids is 1. The summed E-state index contributed by atoms with van der Waals surface area (Å²) in [5, 5.41) is 11.3. The summed E-state index contributed by atoms with van der Waals surface area (Å²) in [5.74, 6) is -0.878. The number of nitrogens with zero attached hydrogens (tertiary/aromatic N) is 1. The lowest BCUT2D eigenvalue weighted by atomic mass is 10.1. The highest BCUT2D eigenvalue weighted by molar-refractivity contribution is 8.26.